The Morgan fingerprint density at radius 1 is 1.29 bits per heavy atom. The Morgan fingerprint density at radius 3 is 2.67 bits per heavy atom. The van der Waals surface area contributed by atoms with E-state index in [0.29, 0.717) is 11.4 Å². The summed E-state index contributed by atoms with van der Waals surface area (Å²) < 4.78 is 6.18. The highest BCUT2D eigenvalue weighted by atomic mass is 16.5. The van der Waals surface area contributed by atoms with E-state index in [2.05, 4.69) is 9.98 Å². The van der Waals surface area contributed by atoms with Gasteiger partial charge in [0.2, 0.25) is 5.88 Å². The fourth-order valence-corrected chi connectivity index (χ4v) is 2.31. The lowest BCUT2D eigenvalue weighted by molar-refractivity contribution is 0.407. The van der Waals surface area contributed by atoms with Crippen LogP contribution in [0.5, 0.6) is 11.6 Å². The van der Waals surface area contributed by atoms with Gasteiger partial charge in [0.25, 0.3) is 5.56 Å². The highest BCUT2D eigenvalue weighted by Gasteiger charge is 2.13. The molecule has 2 heterocycles. The van der Waals surface area contributed by atoms with Gasteiger partial charge in [-0.25, -0.2) is 4.79 Å². The van der Waals surface area contributed by atoms with Crippen LogP contribution in [0.4, 0.5) is 0 Å². The second kappa shape index (κ2) is 6.41. The number of nitrogens with zero attached hydrogens (tertiary/aromatic N) is 2. The third-order valence-electron chi connectivity index (χ3n) is 3.58. The molecule has 7 nitrogen and oxygen atoms in total. The minimum Gasteiger partial charge on any atom is -0.497 e. The van der Waals surface area contributed by atoms with Gasteiger partial charge in [0, 0.05) is 6.21 Å². The van der Waals surface area contributed by atoms with Crippen molar-refractivity contribution in [3.8, 4) is 11.6 Å². The summed E-state index contributed by atoms with van der Waals surface area (Å²) in [7, 11) is 1.56. The molecule has 2 N–H and O–H groups in total. The van der Waals surface area contributed by atoms with E-state index in [4.69, 9.17) is 4.74 Å². The van der Waals surface area contributed by atoms with E-state index in [1.807, 2.05) is 0 Å². The van der Waals surface area contributed by atoms with Crippen molar-refractivity contribution in [2.75, 3.05) is 7.11 Å². The van der Waals surface area contributed by atoms with Gasteiger partial charge in [-0.15, -0.1) is 0 Å². The summed E-state index contributed by atoms with van der Waals surface area (Å²) in [6.45, 7) is 0.112. The first-order chi connectivity index (χ1) is 11.6. The SMILES string of the molecule is COc1ccc(Cn2c(O)c(/C=C3\C=CC=N3)c(=O)[nH]c2=O)cc1. The topological polar surface area (TPSA) is 96.7 Å². The number of nitrogens with one attached hydrogen (secondary N) is 1. The maximum absolute atomic E-state index is 12.0. The van der Waals surface area contributed by atoms with Crippen LogP contribution < -0.4 is 16.0 Å². The number of aliphatic imine (C=N–C) groups is 1. The van der Waals surface area contributed by atoms with Crippen molar-refractivity contribution >= 4 is 12.3 Å². The van der Waals surface area contributed by atoms with E-state index in [9.17, 15) is 14.7 Å². The van der Waals surface area contributed by atoms with Gasteiger partial charge in [-0.05, 0) is 35.9 Å². The summed E-state index contributed by atoms with van der Waals surface area (Å²) in [6, 6.07) is 7.06. The van der Waals surface area contributed by atoms with E-state index >= 15 is 0 Å². The monoisotopic (exact) mass is 325 g/mol. The third-order valence-corrected chi connectivity index (χ3v) is 3.58. The molecular weight excluding hydrogens is 310 g/mol. The standard InChI is InChI=1S/C17H15N3O4/c1-24-13-6-4-11(5-7-13)10-20-16(22)14(15(21)19-17(20)23)9-12-3-2-8-18-12/h2-9,22H,10H2,1H3,(H,19,21,23)/b12-9+. The third kappa shape index (κ3) is 3.05. The van der Waals surface area contributed by atoms with Crippen LogP contribution in [0, 0.1) is 0 Å². The molecule has 7 heteroatoms. The van der Waals surface area contributed by atoms with Crippen molar-refractivity contribution in [1.82, 2.24) is 9.55 Å². The fourth-order valence-electron chi connectivity index (χ4n) is 2.31. The van der Waals surface area contributed by atoms with E-state index in [-0.39, 0.29) is 12.1 Å². The highest BCUT2D eigenvalue weighted by Crippen LogP contribution is 2.18. The fraction of sp³-hybridized carbons (Fsp3) is 0.118. The molecule has 1 aliphatic heterocycles. The Hall–Kier alpha value is -3.35. The predicted octanol–water partition coefficient (Wildman–Crippen LogP) is 1.28. The minimum absolute atomic E-state index is 0.0122. The van der Waals surface area contributed by atoms with E-state index < -0.39 is 17.1 Å². The van der Waals surface area contributed by atoms with E-state index in [1.165, 1.54) is 6.08 Å². The number of hydrogen-bond donors (Lipinski definition) is 2. The molecule has 0 atom stereocenters. The zero-order valence-electron chi connectivity index (χ0n) is 12.9. The average Bonchev–Trinajstić information content (AvgIpc) is 3.09. The van der Waals surface area contributed by atoms with Crippen molar-refractivity contribution < 1.29 is 9.84 Å². The number of hydrogen-bond acceptors (Lipinski definition) is 5. The van der Waals surface area contributed by atoms with Crippen LogP contribution in [0.1, 0.15) is 11.1 Å². The van der Waals surface area contributed by atoms with Gasteiger partial charge in [0.05, 0.1) is 19.4 Å². The van der Waals surface area contributed by atoms with Crippen LogP contribution in [0.3, 0.4) is 0 Å². The number of benzene rings is 1. The molecule has 0 unspecified atom stereocenters. The lowest BCUT2D eigenvalue weighted by Gasteiger charge is -2.10. The second-order valence-electron chi connectivity index (χ2n) is 5.14. The van der Waals surface area contributed by atoms with Crippen LogP contribution in [-0.4, -0.2) is 28.0 Å². The van der Waals surface area contributed by atoms with Gasteiger partial charge in [0.15, 0.2) is 0 Å². The number of aromatic amines is 1. The zero-order chi connectivity index (χ0) is 17.1. The number of ether oxygens (including phenoxy) is 1. The normalized spacial score (nSPS) is 14.5. The summed E-state index contributed by atoms with van der Waals surface area (Å²) in [5.74, 6) is 0.288. The van der Waals surface area contributed by atoms with Gasteiger partial charge in [-0.1, -0.05) is 12.1 Å². The number of rotatable bonds is 4. The van der Waals surface area contributed by atoms with Crippen LogP contribution in [0.2, 0.25) is 0 Å². The molecule has 1 aromatic heterocycles. The van der Waals surface area contributed by atoms with Crippen molar-refractivity contribution in [2.45, 2.75) is 6.54 Å². The highest BCUT2D eigenvalue weighted by molar-refractivity contribution is 5.79. The largest absolute Gasteiger partial charge is 0.497 e. The van der Waals surface area contributed by atoms with Crippen molar-refractivity contribution in [1.29, 1.82) is 0 Å². The van der Waals surface area contributed by atoms with Gasteiger partial charge in [-0.3, -0.25) is 19.3 Å². The number of aromatic hydroxyl groups is 1. The maximum atomic E-state index is 12.0. The van der Waals surface area contributed by atoms with E-state index in [0.717, 1.165) is 10.1 Å². The lowest BCUT2D eigenvalue weighted by Crippen LogP contribution is -2.31. The Kier molecular flexibility index (Phi) is 4.15. The molecular formula is C17H15N3O4. The quantitative estimate of drug-likeness (QED) is 0.885. The molecule has 0 aliphatic carbocycles. The molecule has 0 fully saturated rings. The van der Waals surface area contributed by atoms with Gasteiger partial charge in [0.1, 0.15) is 11.3 Å². The second-order valence-corrected chi connectivity index (χ2v) is 5.14. The Balaban J connectivity index is 2.02. The van der Waals surface area contributed by atoms with Crippen LogP contribution in [-0.2, 0) is 6.54 Å². The minimum atomic E-state index is -0.680. The molecule has 1 aliphatic rings. The molecule has 0 amide bonds. The average molecular weight is 325 g/mol. The first-order valence-corrected chi connectivity index (χ1v) is 7.20. The first-order valence-electron chi connectivity index (χ1n) is 7.20. The number of aromatic nitrogens is 2. The van der Waals surface area contributed by atoms with Gasteiger partial charge in [-0.2, -0.15) is 0 Å². The first kappa shape index (κ1) is 15.5. The van der Waals surface area contributed by atoms with Crippen molar-refractivity contribution in [3.05, 3.63) is 74.1 Å². The van der Waals surface area contributed by atoms with Crippen LogP contribution >= 0.6 is 0 Å². The smallest absolute Gasteiger partial charge is 0.331 e. The Labute approximate surface area is 136 Å². The van der Waals surface area contributed by atoms with Crippen LogP contribution in [0.25, 0.3) is 6.08 Å². The number of methoxy groups -OCH3 is 1. The zero-order valence-corrected chi connectivity index (χ0v) is 12.9. The molecule has 0 radical (unpaired) electrons. The molecule has 1 aromatic carbocycles. The Bertz CT molecular complexity index is 949. The molecule has 2 aromatic rings. The molecule has 0 saturated heterocycles. The molecule has 0 saturated carbocycles. The summed E-state index contributed by atoms with van der Waals surface area (Å²) in [5, 5.41) is 10.4. The Morgan fingerprint density at radius 2 is 2.04 bits per heavy atom. The van der Waals surface area contributed by atoms with Crippen molar-refractivity contribution in [2.24, 2.45) is 4.99 Å². The van der Waals surface area contributed by atoms with Gasteiger partial charge < -0.3 is 9.84 Å². The summed E-state index contributed by atoms with van der Waals surface area (Å²) in [6.07, 6.45) is 6.41. The maximum Gasteiger partial charge on any atom is 0.331 e. The number of allylic oxidation sites excluding steroid dienone is 2. The molecule has 0 spiro atoms. The molecule has 0 bridgehead atoms. The predicted molar refractivity (Wildman–Crippen MR) is 90.7 cm³/mol. The molecule has 3 rings (SSSR count). The summed E-state index contributed by atoms with van der Waals surface area (Å²) in [5.41, 5.74) is -0.0580. The van der Waals surface area contributed by atoms with Crippen LogP contribution in [0.15, 0.2) is 56.7 Å². The number of H-pyrrole nitrogens is 1. The van der Waals surface area contributed by atoms with Crippen molar-refractivity contribution in [3.63, 3.8) is 0 Å². The summed E-state index contributed by atoms with van der Waals surface area (Å²) in [4.78, 5) is 30.2. The van der Waals surface area contributed by atoms with E-state index in [1.54, 1.807) is 49.7 Å². The van der Waals surface area contributed by atoms with Gasteiger partial charge >= 0.3 is 5.69 Å². The lowest BCUT2D eigenvalue weighted by atomic mass is 10.2. The molecule has 122 valence electrons. The molecule has 24 heavy (non-hydrogen) atoms. The summed E-state index contributed by atoms with van der Waals surface area (Å²) >= 11 is 0.